The van der Waals surface area contributed by atoms with Crippen LogP contribution in [0.1, 0.15) is 16.2 Å². The van der Waals surface area contributed by atoms with Crippen LogP contribution in [0.15, 0.2) is 12.1 Å². The Morgan fingerprint density at radius 3 is 2.12 bits per heavy atom. The van der Waals surface area contributed by atoms with Gasteiger partial charge in [-0.25, -0.2) is 18.7 Å². The summed E-state index contributed by atoms with van der Waals surface area (Å²) < 4.78 is 52.0. The van der Waals surface area contributed by atoms with Crippen molar-refractivity contribution in [1.29, 1.82) is 0 Å². The van der Waals surface area contributed by atoms with Crippen LogP contribution in [0.3, 0.4) is 0 Å². The maximum Gasteiger partial charge on any atom is 0.257 e. The van der Waals surface area contributed by atoms with Crippen LogP contribution in [0, 0.1) is 24.4 Å². The van der Waals surface area contributed by atoms with E-state index in [9.17, 15) is 18.0 Å². The molecule has 1 aromatic carbocycles. The third-order valence-electron chi connectivity index (χ3n) is 5.59. The van der Waals surface area contributed by atoms with Gasteiger partial charge in [0.05, 0.1) is 25.9 Å². The highest BCUT2D eigenvalue weighted by Gasteiger charge is 2.29. The second kappa shape index (κ2) is 9.19. The molecule has 8 nitrogen and oxygen atoms in total. The number of nitrogens with zero attached hydrogens (tertiary/aromatic N) is 5. The zero-order valence-corrected chi connectivity index (χ0v) is 17.9. The highest BCUT2D eigenvalue weighted by molar-refractivity contribution is 5.95. The highest BCUT2D eigenvalue weighted by Crippen LogP contribution is 2.28. The summed E-state index contributed by atoms with van der Waals surface area (Å²) in [5.41, 5.74) is -0.554. The zero-order chi connectivity index (χ0) is 22.8. The first-order valence-electron chi connectivity index (χ1n) is 10.3. The second-order valence-corrected chi connectivity index (χ2v) is 7.58. The quantitative estimate of drug-likeness (QED) is 0.659. The summed E-state index contributed by atoms with van der Waals surface area (Å²) in [6.07, 6.45) is 0. The van der Waals surface area contributed by atoms with Crippen molar-refractivity contribution in [3.8, 4) is 5.75 Å². The smallest absolute Gasteiger partial charge is 0.257 e. The normalized spacial score (nSPS) is 17.0. The first kappa shape index (κ1) is 22.1. The molecule has 0 saturated carbocycles. The lowest BCUT2D eigenvalue weighted by molar-refractivity contribution is 0.0740. The molecule has 0 aliphatic carbocycles. The van der Waals surface area contributed by atoms with E-state index >= 15 is 0 Å². The lowest BCUT2D eigenvalue weighted by Crippen LogP contribution is -2.49. The van der Waals surface area contributed by atoms with Gasteiger partial charge in [-0.05, 0) is 13.0 Å². The molecule has 1 aromatic heterocycles. The zero-order valence-electron chi connectivity index (χ0n) is 17.9. The number of methoxy groups -OCH3 is 1. The van der Waals surface area contributed by atoms with Crippen molar-refractivity contribution in [1.82, 2.24) is 14.9 Å². The molecule has 3 heterocycles. The Bertz CT molecular complexity index is 1010. The van der Waals surface area contributed by atoms with E-state index in [1.54, 1.807) is 0 Å². The van der Waals surface area contributed by atoms with Gasteiger partial charge >= 0.3 is 0 Å². The second-order valence-electron chi connectivity index (χ2n) is 7.58. The average Bonchev–Trinajstić information content (AvgIpc) is 2.81. The predicted octanol–water partition coefficient (Wildman–Crippen LogP) is 2.01. The number of amides is 1. The summed E-state index contributed by atoms with van der Waals surface area (Å²) in [5.74, 6) is -3.42. The molecule has 4 rings (SSSR count). The van der Waals surface area contributed by atoms with Gasteiger partial charge in [0, 0.05) is 45.3 Å². The third-order valence-corrected chi connectivity index (χ3v) is 5.59. The number of ether oxygens (including phenoxy) is 2. The fourth-order valence-corrected chi connectivity index (χ4v) is 3.88. The Balaban J connectivity index is 1.47. The molecule has 2 fully saturated rings. The molecule has 0 atom stereocenters. The molecule has 0 unspecified atom stereocenters. The summed E-state index contributed by atoms with van der Waals surface area (Å²) in [6, 6.07) is 2.49. The lowest BCUT2D eigenvalue weighted by atomic mass is 10.1. The molecule has 2 aromatic rings. The Morgan fingerprint density at radius 2 is 1.53 bits per heavy atom. The van der Waals surface area contributed by atoms with Crippen molar-refractivity contribution in [2.45, 2.75) is 6.92 Å². The molecule has 0 bridgehead atoms. The maximum absolute atomic E-state index is 14.5. The number of morpholine rings is 1. The number of carbonyl (C=O) groups excluding carboxylic acids is 1. The molecule has 2 saturated heterocycles. The Morgan fingerprint density at radius 1 is 0.938 bits per heavy atom. The van der Waals surface area contributed by atoms with Gasteiger partial charge < -0.3 is 24.2 Å². The topological polar surface area (TPSA) is 71.0 Å². The average molecular weight is 451 g/mol. The number of benzene rings is 1. The van der Waals surface area contributed by atoms with Gasteiger partial charge in [0.1, 0.15) is 17.5 Å². The Labute approximate surface area is 183 Å². The van der Waals surface area contributed by atoms with Crippen LogP contribution in [-0.4, -0.2) is 80.4 Å². The van der Waals surface area contributed by atoms with Gasteiger partial charge in [-0.15, -0.1) is 0 Å². The minimum atomic E-state index is -1.46. The third kappa shape index (κ3) is 4.29. The van der Waals surface area contributed by atoms with Gasteiger partial charge in [-0.1, -0.05) is 0 Å². The van der Waals surface area contributed by atoms with Crippen LogP contribution >= 0.6 is 0 Å². The number of hydrogen-bond acceptors (Lipinski definition) is 7. The molecular formula is C21H24F3N5O3. The maximum atomic E-state index is 14.5. The van der Waals surface area contributed by atoms with Gasteiger partial charge in [-0.3, -0.25) is 4.79 Å². The van der Waals surface area contributed by atoms with Crippen LogP contribution in [-0.2, 0) is 4.74 Å². The summed E-state index contributed by atoms with van der Waals surface area (Å²) in [6.45, 7) is 6.07. The molecule has 172 valence electrons. The van der Waals surface area contributed by atoms with Crippen LogP contribution in [0.4, 0.5) is 24.8 Å². The molecule has 0 radical (unpaired) electrons. The van der Waals surface area contributed by atoms with E-state index in [1.807, 2.05) is 17.9 Å². The highest BCUT2D eigenvalue weighted by atomic mass is 19.2. The number of rotatable bonds is 4. The molecule has 1 amide bonds. The largest absolute Gasteiger partial charge is 0.491 e. The minimum absolute atomic E-state index is 0.273. The molecule has 11 heteroatoms. The predicted molar refractivity (Wildman–Crippen MR) is 111 cm³/mol. The van der Waals surface area contributed by atoms with Crippen molar-refractivity contribution >= 4 is 17.5 Å². The Hall–Kier alpha value is -3.08. The minimum Gasteiger partial charge on any atom is -0.491 e. The first-order valence-corrected chi connectivity index (χ1v) is 10.3. The van der Waals surface area contributed by atoms with E-state index in [0.29, 0.717) is 38.2 Å². The molecule has 32 heavy (non-hydrogen) atoms. The van der Waals surface area contributed by atoms with Crippen LogP contribution in [0.25, 0.3) is 0 Å². The molecule has 0 N–H and O–H groups in total. The molecule has 0 spiro atoms. The van der Waals surface area contributed by atoms with Gasteiger partial charge in [0.25, 0.3) is 5.91 Å². The van der Waals surface area contributed by atoms with Gasteiger partial charge in [0.15, 0.2) is 17.4 Å². The van der Waals surface area contributed by atoms with Crippen molar-refractivity contribution in [2.75, 3.05) is 69.4 Å². The summed E-state index contributed by atoms with van der Waals surface area (Å²) >= 11 is 0. The van der Waals surface area contributed by atoms with Crippen molar-refractivity contribution in [2.24, 2.45) is 0 Å². The fourth-order valence-electron chi connectivity index (χ4n) is 3.88. The monoisotopic (exact) mass is 451 g/mol. The summed E-state index contributed by atoms with van der Waals surface area (Å²) in [7, 11) is 1.02. The Kier molecular flexibility index (Phi) is 6.35. The first-order chi connectivity index (χ1) is 15.4. The number of halogens is 3. The van der Waals surface area contributed by atoms with E-state index in [1.165, 1.54) is 4.90 Å². The number of carbonyl (C=O) groups is 1. The van der Waals surface area contributed by atoms with E-state index in [-0.39, 0.29) is 13.1 Å². The van der Waals surface area contributed by atoms with Crippen molar-refractivity contribution < 1.29 is 27.4 Å². The number of aromatic nitrogens is 2. The number of aryl methyl sites for hydroxylation is 1. The summed E-state index contributed by atoms with van der Waals surface area (Å²) in [4.78, 5) is 27.4. The van der Waals surface area contributed by atoms with E-state index in [0.717, 1.165) is 31.8 Å². The van der Waals surface area contributed by atoms with Crippen molar-refractivity contribution in [3.63, 3.8) is 0 Å². The van der Waals surface area contributed by atoms with Crippen molar-refractivity contribution in [3.05, 3.63) is 41.0 Å². The molecule has 2 aliphatic rings. The fraction of sp³-hybridized carbons (Fsp3) is 0.476. The van der Waals surface area contributed by atoms with Gasteiger partial charge in [0.2, 0.25) is 5.82 Å². The van der Waals surface area contributed by atoms with Crippen LogP contribution < -0.4 is 14.5 Å². The number of piperazine rings is 1. The van der Waals surface area contributed by atoms with Crippen LogP contribution in [0.5, 0.6) is 5.75 Å². The van der Waals surface area contributed by atoms with Crippen LogP contribution in [0.2, 0.25) is 0 Å². The standard InChI is InChI=1S/C21H24F3N5O3/c1-13-25-16(12-17(26-13)28-7-9-32-10-8-28)27-3-5-29(6-4-27)21(30)14-11-15(22)19(24)20(31-2)18(14)23/h11-12H,3-10H2,1-2H3. The number of anilines is 2. The summed E-state index contributed by atoms with van der Waals surface area (Å²) in [5, 5.41) is 0. The van der Waals surface area contributed by atoms with E-state index < -0.39 is 34.7 Å². The lowest BCUT2D eigenvalue weighted by Gasteiger charge is -2.36. The molecular weight excluding hydrogens is 427 g/mol. The molecule has 2 aliphatic heterocycles. The number of hydrogen-bond donors (Lipinski definition) is 0. The van der Waals surface area contributed by atoms with E-state index in [2.05, 4.69) is 19.6 Å². The SMILES string of the molecule is COc1c(F)c(F)cc(C(=O)N2CCN(c3cc(N4CCOCC4)nc(C)n3)CC2)c1F. The van der Waals surface area contributed by atoms with Gasteiger partial charge in [-0.2, -0.15) is 4.39 Å². The van der Waals surface area contributed by atoms with E-state index in [4.69, 9.17) is 4.74 Å².